The second-order valence-corrected chi connectivity index (χ2v) is 13.7. The molecule has 8 rings (SSSR count). The molecule has 0 amide bonds. The SMILES string of the molecule is CC1(C)c2cc(Br)ccc2-c2ccc(-c3ccc4c(c3)C(C)(C)c3ccccc3N4c3ccc4ccccc4c3)cc21. The highest BCUT2D eigenvalue weighted by molar-refractivity contribution is 9.10. The minimum absolute atomic E-state index is 0.0518. The number of para-hydroxylation sites is 1. The van der Waals surface area contributed by atoms with Crippen LogP contribution in [0.2, 0.25) is 0 Å². The lowest BCUT2D eigenvalue weighted by Gasteiger charge is -2.42. The van der Waals surface area contributed by atoms with E-state index >= 15 is 0 Å². The van der Waals surface area contributed by atoms with Gasteiger partial charge in [0.1, 0.15) is 0 Å². The molecule has 0 aromatic heterocycles. The van der Waals surface area contributed by atoms with Crippen molar-refractivity contribution in [1.29, 1.82) is 0 Å². The van der Waals surface area contributed by atoms with Gasteiger partial charge < -0.3 is 4.90 Å². The van der Waals surface area contributed by atoms with Crippen molar-refractivity contribution in [1.82, 2.24) is 0 Å². The molecule has 0 saturated heterocycles. The Hall–Kier alpha value is -4.14. The van der Waals surface area contributed by atoms with Crippen LogP contribution >= 0.6 is 15.9 Å². The van der Waals surface area contributed by atoms with Gasteiger partial charge in [-0.05, 0) is 104 Å². The van der Waals surface area contributed by atoms with Crippen molar-refractivity contribution in [3.63, 3.8) is 0 Å². The van der Waals surface area contributed by atoms with Gasteiger partial charge in [0.2, 0.25) is 0 Å². The molecule has 0 fully saturated rings. The molecule has 0 spiro atoms. The van der Waals surface area contributed by atoms with Gasteiger partial charge in [0.25, 0.3) is 0 Å². The van der Waals surface area contributed by atoms with Crippen molar-refractivity contribution in [3.8, 4) is 22.3 Å². The van der Waals surface area contributed by atoms with Gasteiger partial charge in [0.15, 0.2) is 0 Å². The molecule has 1 heterocycles. The molecule has 0 bridgehead atoms. The third kappa shape index (κ3) is 3.61. The predicted molar refractivity (Wildman–Crippen MR) is 181 cm³/mol. The molecule has 6 aromatic carbocycles. The fourth-order valence-corrected chi connectivity index (χ4v) is 7.73. The first-order chi connectivity index (χ1) is 20.2. The standard InChI is InChI=1S/C40H32BrN/c1-39(2)33-11-7-8-12-37(33)42(30-17-13-25-9-5-6-10-26(25)21-30)38-20-15-28(23-36(38)39)27-14-18-31-32-19-16-29(41)24-35(32)40(3,4)34(31)22-27/h5-24H,1-4H3. The number of fused-ring (bicyclic) bond motifs is 6. The summed E-state index contributed by atoms with van der Waals surface area (Å²) in [5, 5.41) is 2.51. The van der Waals surface area contributed by atoms with E-state index in [-0.39, 0.29) is 10.8 Å². The molecule has 2 heteroatoms. The van der Waals surface area contributed by atoms with Crippen LogP contribution in [0.5, 0.6) is 0 Å². The Labute approximate surface area is 256 Å². The van der Waals surface area contributed by atoms with Crippen LogP contribution in [-0.2, 0) is 10.8 Å². The minimum atomic E-state index is -0.145. The summed E-state index contributed by atoms with van der Waals surface area (Å²) in [6.07, 6.45) is 0. The van der Waals surface area contributed by atoms with Gasteiger partial charge in [-0.3, -0.25) is 0 Å². The summed E-state index contributed by atoms with van der Waals surface area (Å²) in [7, 11) is 0. The van der Waals surface area contributed by atoms with Gasteiger partial charge in [-0.1, -0.05) is 116 Å². The molecule has 2 aliphatic rings. The van der Waals surface area contributed by atoms with Gasteiger partial charge in [-0.25, -0.2) is 0 Å². The predicted octanol–water partition coefficient (Wildman–Crippen LogP) is 11.7. The summed E-state index contributed by atoms with van der Waals surface area (Å²) in [4.78, 5) is 2.45. The quantitative estimate of drug-likeness (QED) is 0.190. The molecular formula is C40H32BrN. The largest absolute Gasteiger partial charge is 0.310 e. The van der Waals surface area contributed by atoms with Crippen LogP contribution < -0.4 is 4.90 Å². The molecule has 6 aromatic rings. The first-order valence-electron chi connectivity index (χ1n) is 14.7. The number of anilines is 3. The Morgan fingerprint density at radius 1 is 0.476 bits per heavy atom. The van der Waals surface area contributed by atoms with E-state index in [1.54, 1.807) is 0 Å². The molecule has 0 saturated carbocycles. The minimum Gasteiger partial charge on any atom is -0.310 e. The number of hydrogen-bond acceptors (Lipinski definition) is 1. The van der Waals surface area contributed by atoms with Crippen LogP contribution in [0.4, 0.5) is 17.1 Å². The topological polar surface area (TPSA) is 3.24 Å². The zero-order chi connectivity index (χ0) is 28.8. The van der Waals surface area contributed by atoms with E-state index in [9.17, 15) is 0 Å². The van der Waals surface area contributed by atoms with Crippen LogP contribution in [0.1, 0.15) is 49.9 Å². The summed E-state index contributed by atoms with van der Waals surface area (Å²) >= 11 is 3.70. The van der Waals surface area contributed by atoms with Gasteiger partial charge in [-0.2, -0.15) is 0 Å². The highest BCUT2D eigenvalue weighted by atomic mass is 79.9. The second kappa shape index (κ2) is 8.93. The van der Waals surface area contributed by atoms with Gasteiger partial charge >= 0.3 is 0 Å². The second-order valence-electron chi connectivity index (χ2n) is 12.8. The fourth-order valence-electron chi connectivity index (χ4n) is 7.37. The molecule has 0 unspecified atom stereocenters. The molecule has 204 valence electrons. The highest BCUT2D eigenvalue weighted by Crippen LogP contribution is 2.54. The molecule has 42 heavy (non-hydrogen) atoms. The molecule has 0 atom stereocenters. The smallest absolute Gasteiger partial charge is 0.0503 e. The summed E-state index contributed by atoms with van der Waals surface area (Å²) in [5.74, 6) is 0. The highest BCUT2D eigenvalue weighted by Gasteiger charge is 2.38. The first kappa shape index (κ1) is 25.6. The van der Waals surface area contributed by atoms with E-state index < -0.39 is 0 Å². The Morgan fingerprint density at radius 3 is 1.88 bits per heavy atom. The van der Waals surface area contributed by atoms with Crippen molar-refractivity contribution in [3.05, 3.63) is 148 Å². The van der Waals surface area contributed by atoms with E-state index in [1.165, 1.54) is 72.3 Å². The number of hydrogen-bond donors (Lipinski definition) is 0. The van der Waals surface area contributed by atoms with Crippen LogP contribution in [0.15, 0.2) is 126 Å². The van der Waals surface area contributed by atoms with Crippen molar-refractivity contribution < 1.29 is 0 Å². The van der Waals surface area contributed by atoms with Crippen LogP contribution in [0.3, 0.4) is 0 Å². The third-order valence-corrected chi connectivity index (χ3v) is 10.2. The maximum Gasteiger partial charge on any atom is 0.0503 e. The van der Waals surface area contributed by atoms with Crippen molar-refractivity contribution in [2.24, 2.45) is 0 Å². The Balaban J connectivity index is 1.29. The Morgan fingerprint density at radius 2 is 1.07 bits per heavy atom. The number of nitrogens with zero attached hydrogens (tertiary/aromatic N) is 1. The fraction of sp³-hybridized carbons (Fsp3) is 0.150. The summed E-state index contributed by atoms with van der Waals surface area (Å²) < 4.78 is 1.13. The summed E-state index contributed by atoms with van der Waals surface area (Å²) in [6.45, 7) is 9.43. The van der Waals surface area contributed by atoms with E-state index in [0.29, 0.717) is 0 Å². The zero-order valence-corrected chi connectivity index (χ0v) is 26.0. The van der Waals surface area contributed by atoms with E-state index in [1.807, 2.05) is 0 Å². The maximum absolute atomic E-state index is 3.70. The van der Waals surface area contributed by atoms with Crippen molar-refractivity contribution in [2.75, 3.05) is 4.90 Å². The number of rotatable bonds is 2. The van der Waals surface area contributed by atoms with E-state index in [0.717, 1.165) is 4.47 Å². The van der Waals surface area contributed by atoms with Gasteiger partial charge in [0.05, 0.1) is 11.4 Å². The average molecular weight is 607 g/mol. The van der Waals surface area contributed by atoms with Crippen LogP contribution in [-0.4, -0.2) is 0 Å². The average Bonchev–Trinajstić information content (AvgIpc) is 3.22. The monoisotopic (exact) mass is 605 g/mol. The van der Waals surface area contributed by atoms with Crippen LogP contribution in [0, 0.1) is 0 Å². The lowest BCUT2D eigenvalue weighted by molar-refractivity contribution is 0.632. The molecule has 0 radical (unpaired) electrons. The lowest BCUT2D eigenvalue weighted by Crippen LogP contribution is -2.30. The first-order valence-corrected chi connectivity index (χ1v) is 15.5. The van der Waals surface area contributed by atoms with Crippen LogP contribution in [0.25, 0.3) is 33.0 Å². The summed E-state index contributed by atoms with van der Waals surface area (Å²) in [6, 6.07) is 45.2. The Bertz CT molecular complexity index is 2070. The lowest BCUT2D eigenvalue weighted by atomic mass is 9.72. The maximum atomic E-state index is 3.70. The van der Waals surface area contributed by atoms with Gasteiger partial charge in [0, 0.05) is 21.0 Å². The van der Waals surface area contributed by atoms with E-state index in [2.05, 4.69) is 170 Å². The van der Waals surface area contributed by atoms with Crippen molar-refractivity contribution in [2.45, 2.75) is 38.5 Å². The number of halogens is 1. The molecule has 1 nitrogen and oxygen atoms in total. The molecular weight excluding hydrogens is 574 g/mol. The normalized spacial score (nSPS) is 15.6. The van der Waals surface area contributed by atoms with Crippen molar-refractivity contribution >= 4 is 43.8 Å². The summed E-state index contributed by atoms with van der Waals surface area (Å²) in [5.41, 5.74) is 14.2. The Kier molecular flexibility index (Phi) is 5.43. The molecule has 1 aliphatic heterocycles. The van der Waals surface area contributed by atoms with Gasteiger partial charge in [-0.15, -0.1) is 0 Å². The zero-order valence-electron chi connectivity index (χ0n) is 24.4. The number of benzene rings is 6. The third-order valence-electron chi connectivity index (χ3n) is 9.69. The van der Waals surface area contributed by atoms with E-state index in [4.69, 9.17) is 0 Å². The molecule has 1 aliphatic carbocycles. The molecule has 0 N–H and O–H groups in total.